The predicted octanol–water partition coefficient (Wildman–Crippen LogP) is -0.600. The SMILES string of the molecule is OC=[SeH]S. The molecule has 1 nitrogen and oxygen atoms in total. The minimum atomic E-state index is -0.160. The average molecular weight is 143 g/mol. The average Bonchev–Trinajstić information content (AvgIpc) is 1.37. The Kier molecular flexibility index (Phi) is 4.35. The summed E-state index contributed by atoms with van der Waals surface area (Å²) in [7, 11) is 0. The van der Waals surface area contributed by atoms with Crippen LogP contribution in [0.25, 0.3) is 0 Å². The van der Waals surface area contributed by atoms with Crippen molar-refractivity contribution in [3.63, 3.8) is 0 Å². The molecule has 0 rings (SSSR count). The standard InChI is InChI=1S/CH4OSSe/c2-1-4-3/h1-4H. The first-order valence-electron chi connectivity index (χ1n) is 0.716. The summed E-state index contributed by atoms with van der Waals surface area (Å²) in [6.07, 6.45) is 0. The zero-order valence-electron chi connectivity index (χ0n) is 1.92. The Bertz CT molecular complexity index is 23.2. The van der Waals surface area contributed by atoms with Gasteiger partial charge in [-0.3, -0.25) is 0 Å². The molecule has 0 radical (unpaired) electrons. The molecule has 0 amide bonds. The molecule has 0 aliphatic heterocycles. The first kappa shape index (κ1) is 4.70. The van der Waals surface area contributed by atoms with Gasteiger partial charge in [0, 0.05) is 0 Å². The Morgan fingerprint density at radius 1 is 2.00 bits per heavy atom. The van der Waals surface area contributed by atoms with E-state index in [9.17, 15) is 0 Å². The van der Waals surface area contributed by atoms with E-state index in [4.69, 9.17) is 5.11 Å². The molecule has 0 aromatic carbocycles. The van der Waals surface area contributed by atoms with Crippen LogP contribution in [0.5, 0.6) is 0 Å². The summed E-state index contributed by atoms with van der Waals surface area (Å²) in [6, 6.07) is 0. The Morgan fingerprint density at radius 2 is 2.25 bits per heavy atom. The number of aliphatic hydroxyl groups excluding tert-OH is 1. The number of hydrogen-bond acceptors (Lipinski definition) is 2. The first-order valence-corrected chi connectivity index (χ1v) is 4.72. The van der Waals surface area contributed by atoms with E-state index in [-0.39, 0.29) is 13.4 Å². The predicted molar refractivity (Wildman–Crippen MR) is 24.1 cm³/mol. The monoisotopic (exact) mass is 144 g/mol. The van der Waals surface area contributed by atoms with Gasteiger partial charge < -0.3 is 0 Å². The molecule has 0 heterocycles. The van der Waals surface area contributed by atoms with Gasteiger partial charge in [-0.25, -0.2) is 0 Å². The van der Waals surface area contributed by atoms with Crippen LogP contribution in [0, 0.1) is 0 Å². The van der Waals surface area contributed by atoms with Crippen LogP contribution in [0.4, 0.5) is 0 Å². The number of hydrogen-bond donors (Lipinski definition) is 2. The van der Waals surface area contributed by atoms with Gasteiger partial charge in [0.2, 0.25) is 0 Å². The van der Waals surface area contributed by atoms with Crippen molar-refractivity contribution < 1.29 is 5.11 Å². The van der Waals surface area contributed by atoms with E-state index in [1.54, 1.807) is 0 Å². The van der Waals surface area contributed by atoms with E-state index in [0.717, 1.165) is 5.11 Å². The normalized spacial score (nSPS) is 11.5. The molecule has 0 bridgehead atoms. The van der Waals surface area contributed by atoms with E-state index >= 15 is 0 Å². The van der Waals surface area contributed by atoms with Crippen molar-refractivity contribution in [2.24, 2.45) is 0 Å². The van der Waals surface area contributed by atoms with Crippen molar-refractivity contribution in [2.45, 2.75) is 0 Å². The van der Waals surface area contributed by atoms with E-state index in [1.807, 2.05) is 0 Å². The van der Waals surface area contributed by atoms with Crippen molar-refractivity contribution in [2.75, 3.05) is 0 Å². The van der Waals surface area contributed by atoms with E-state index < -0.39 is 0 Å². The zero-order chi connectivity index (χ0) is 3.41. The molecule has 1 N–H and O–H groups in total. The van der Waals surface area contributed by atoms with Gasteiger partial charge in [-0.1, -0.05) is 0 Å². The van der Waals surface area contributed by atoms with Crippen LogP contribution < -0.4 is 0 Å². The number of thiol groups is 1. The summed E-state index contributed by atoms with van der Waals surface area (Å²) < 4.78 is 0. The van der Waals surface area contributed by atoms with Gasteiger partial charge >= 0.3 is 34.7 Å². The second-order valence-corrected chi connectivity index (χ2v) is 2.40. The van der Waals surface area contributed by atoms with Gasteiger partial charge in [0.05, 0.1) is 0 Å². The van der Waals surface area contributed by atoms with E-state index in [1.165, 1.54) is 0 Å². The van der Waals surface area contributed by atoms with Crippen LogP contribution in [0.2, 0.25) is 0 Å². The molecule has 4 heavy (non-hydrogen) atoms. The van der Waals surface area contributed by atoms with Crippen LogP contribution in [-0.2, 0) is 0 Å². The second kappa shape index (κ2) is 3.70. The van der Waals surface area contributed by atoms with Crippen molar-refractivity contribution >= 4 is 29.6 Å². The molecule has 0 fully saturated rings. The van der Waals surface area contributed by atoms with E-state index in [0.29, 0.717) is 0 Å². The van der Waals surface area contributed by atoms with Crippen molar-refractivity contribution in [3.8, 4) is 0 Å². The number of aliphatic hydroxyl groups is 1. The van der Waals surface area contributed by atoms with Gasteiger partial charge in [-0.15, -0.1) is 0 Å². The molecule has 0 aromatic rings. The summed E-state index contributed by atoms with van der Waals surface area (Å²) >= 11 is 3.55. The third-order valence-corrected chi connectivity index (χ3v) is 0.805. The molecule has 0 saturated heterocycles. The fraction of sp³-hybridized carbons (Fsp3) is 0. The second-order valence-electron chi connectivity index (χ2n) is 0.231. The van der Waals surface area contributed by atoms with Crippen molar-refractivity contribution in [1.82, 2.24) is 0 Å². The van der Waals surface area contributed by atoms with Crippen LogP contribution in [0.15, 0.2) is 0 Å². The Morgan fingerprint density at radius 3 is 2.25 bits per heavy atom. The molecular weight excluding hydrogens is 139 g/mol. The Hall–Kier alpha value is 0.699. The van der Waals surface area contributed by atoms with Gasteiger partial charge in [-0.2, -0.15) is 0 Å². The topological polar surface area (TPSA) is 20.2 Å². The third-order valence-electron chi connectivity index (χ3n) is 0.0516. The molecular formula is CH4OSSe. The van der Waals surface area contributed by atoms with Crippen LogP contribution in [0.1, 0.15) is 0 Å². The van der Waals surface area contributed by atoms with Gasteiger partial charge in [-0.05, 0) is 0 Å². The molecule has 0 unspecified atom stereocenters. The summed E-state index contributed by atoms with van der Waals surface area (Å²) in [6.45, 7) is 0. The van der Waals surface area contributed by atoms with Crippen molar-refractivity contribution in [1.29, 1.82) is 0 Å². The van der Waals surface area contributed by atoms with Gasteiger partial charge in [0.25, 0.3) is 0 Å². The van der Waals surface area contributed by atoms with Crippen LogP contribution in [-0.4, -0.2) is 23.6 Å². The molecule has 0 atom stereocenters. The van der Waals surface area contributed by atoms with E-state index in [2.05, 4.69) is 11.0 Å². The summed E-state index contributed by atoms with van der Waals surface area (Å²) in [5, 5.41) is 8.80. The maximum atomic E-state index is 7.72. The molecule has 0 aliphatic rings. The van der Waals surface area contributed by atoms with Crippen molar-refractivity contribution in [3.05, 3.63) is 0 Å². The molecule has 26 valence electrons. The fourth-order valence-electron chi connectivity index (χ4n) is 0. The van der Waals surface area contributed by atoms with Gasteiger partial charge in [0.15, 0.2) is 0 Å². The minimum absolute atomic E-state index is 0.160. The molecule has 0 saturated carbocycles. The first-order chi connectivity index (χ1) is 1.91. The fourth-order valence-corrected chi connectivity index (χ4v) is 0. The zero-order valence-corrected chi connectivity index (χ0v) is 4.69. The Labute approximate surface area is 35.2 Å². The maximum absolute atomic E-state index is 7.72. The molecule has 0 spiro atoms. The molecule has 3 heteroatoms. The molecule has 0 aliphatic carbocycles. The summed E-state index contributed by atoms with van der Waals surface area (Å²) in [5.41, 5.74) is 0. The summed E-state index contributed by atoms with van der Waals surface area (Å²) in [4.78, 5) is 0. The van der Waals surface area contributed by atoms with Crippen LogP contribution in [0.3, 0.4) is 0 Å². The van der Waals surface area contributed by atoms with Gasteiger partial charge in [0.1, 0.15) is 0 Å². The molecule has 0 aromatic heterocycles. The quantitative estimate of drug-likeness (QED) is 0.342. The third kappa shape index (κ3) is 2.70. The Balaban J connectivity index is 2.55. The van der Waals surface area contributed by atoms with Crippen LogP contribution >= 0.6 is 11.0 Å². The number of rotatable bonds is 0. The summed E-state index contributed by atoms with van der Waals surface area (Å²) in [5.74, 6) is 0.